The van der Waals surface area contributed by atoms with Crippen LogP contribution in [0.25, 0.3) is 0 Å². The lowest BCUT2D eigenvalue weighted by Gasteiger charge is -2.19. The van der Waals surface area contributed by atoms with Gasteiger partial charge in [0, 0.05) is 39.9 Å². The van der Waals surface area contributed by atoms with Gasteiger partial charge in [-0.25, -0.2) is 9.97 Å². The normalized spacial score (nSPS) is 10.6. The molecule has 6 nitrogen and oxygen atoms in total. The van der Waals surface area contributed by atoms with E-state index in [2.05, 4.69) is 27.1 Å². The highest BCUT2D eigenvalue weighted by molar-refractivity contribution is 5.49. The molecule has 114 valence electrons. The topological polar surface area (TPSA) is 59.5 Å². The van der Waals surface area contributed by atoms with Crippen LogP contribution in [0.4, 0.5) is 11.6 Å². The third-order valence-electron chi connectivity index (χ3n) is 2.77. The van der Waals surface area contributed by atoms with Gasteiger partial charge in [-0.2, -0.15) is 0 Å². The molecule has 20 heavy (non-hydrogen) atoms. The summed E-state index contributed by atoms with van der Waals surface area (Å²) in [5, 5.41) is 3.30. The molecule has 0 saturated carbocycles. The highest BCUT2D eigenvalue weighted by atomic mass is 16.5. The number of hydrogen-bond acceptors (Lipinski definition) is 6. The Morgan fingerprint density at radius 1 is 1.30 bits per heavy atom. The average molecular weight is 282 g/mol. The summed E-state index contributed by atoms with van der Waals surface area (Å²) in [6.45, 7) is 7.53. The van der Waals surface area contributed by atoms with Crippen molar-refractivity contribution in [3.8, 4) is 0 Å². The Labute approximate surface area is 121 Å². The highest BCUT2D eigenvalue weighted by Crippen LogP contribution is 2.15. The van der Waals surface area contributed by atoms with E-state index in [9.17, 15) is 0 Å². The number of hydrogen-bond donors (Lipinski definition) is 1. The second kappa shape index (κ2) is 9.50. The molecule has 0 aliphatic rings. The molecule has 1 N–H and O–H groups in total. The highest BCUT2D eigenvalue weighted by Gasteiger charge is 2.08. The molecule has 1 heterocycles. The second-order valence-corrected chi connectivity index (χ2v) is 4.51. The molecule has 1 rings (SSSR count). The van der Waals surface area contributed by atoms with Crippen molar-refractivity contribution in [3.05, 3.63) is 11.9 Å². The van der Waals surface area contributed by atoms with Gasteiger partial charge in [-0.15, -0.1) is 0 Å². The smallest absolute Gasteiger partial charge is 0.158 e. The van der Waals surface area contributed by atoms with Gasteiger partial charge in [-0.05, 0) is 13.3 Å². The molecule has 0 unspecified atom stereocenters. The van der Waals surface area contributed by atoms with Crippen LogP contribution in [0.2, 0.25) is 0 Å². The molecular weight excluding hydrogens is 256 g/mol. The minimum absolute atomic E-state index is 0.434. The van der Waals surface area contributed by atoms with Gasteiger partial charge in [-0.1, -0.05) is 6.92 Å². The van der Waals surface area contributed by atoms with Crippen molar-refractivity contribution in [2.24, 2.45) is 0 Å². The van der Waals surface area contributed by atoms with Crippen molar-refractivity contribution in [1.82, 2.24) is 9.97 Å². The quantitative estimate of drug-likeness (QED) is 0.707. The van der Waals surface area contributed by atoms with E-state index in [-0.39, 0.29) is 0 Å². The van der Waals surface area contributed by atoms with Crippen molar-refractivity contribution >= 4 is 11.6 Å². The zero-order valence-corrected chi connectivity index (χ0v) is 13.0. The third-order valence-corrected chi connectivity index (χ3v) is 2.77. The standard InChI is InChI=1S/C14H26N4O2/c1-5-7-15-12-10-14(18(3)8-9-19-4)17-13(16-12)11-20-6-2/h10H,5-9,11H2,1-4H3,(H,15,16,17). The van der Waals surface area contributed by atoms with E-state index >= 15 is 0 Å². The maximum absolute atomic E-state index is 5.40. The summed E-state index contributed by atoms with van der Waals surface area (Å²) >= 11 is 0. The van der Waals surface area contributed by atoms with Crippen LogP contribution in [0.5, 0.6) is 0 Å². The molecule has 0 amide bonds. The third kappa shape index (κ3) is 5.71. The van der Waals surface area contributed by atoms with Crippen molar-refractivity contribution in [2.45, 2.75) is 26.9 Å². The number of ether oxygens (including phenoxy) is 2. The predicted molar refractivity (Wildman–Crippen MR) is 81.3 cm³/mol. The Hall–Kier alpha value is -1.40. The van der Waals surface area contributed by atoms with Crippen molar-refractivity contribution in [3.63, 3.8) is 0 Å². The summed E-state index contributed by atoms with van der Waals surface area (Å²) in [6.07, 6.45) is 1.06. The van der Waals surface area contributed by atoms with Gasteiger partial charge in [0.05, 0.1) is 6.61 Å². The van der Waals surface area contributed by atoms with Gasteiger partial charge in [-0.3, -0.25) is 0 Å². The van der Waals surface area contributed by atoms with E-state index in [1.54, 1.807) is 7.11 Å². The SMILES string of the molecule is CCCNc1cc(N(C)CCOC)nc(COCC)n1. The minimum atomic E-state index is 0.434. The zero-order valence-electron chi connectivity index (χ0n) is 13.0. The fourth-order valence-electron chi connectivity index (χ4n) is 1.62. The van der Waals surface area contributed by atoms with E-state index in [0.29, 0.717) is 25.6 Å². The number of likely N-dealkylation sites (N-methyl/N-ethyl adjacent to an activating group) is 1. The lowest BCUT2D eigenvalue weighted by Crippen LogP contribution is -2.24. The molecule has 0 saturated heterocycles. The first-order valence-corrected chi connectivity index (χ1v) is 7.10. The predicted octanol–water partition coefficient (Wildman–Crippen LogP) is 1.92. The van der Waals surface area contributed by atoms with Crippen molar-refractivity contribution in [1.29, 1.82) is 0 Å². The van der Waals surface area contributed by atoms with Crippen LogP contribution in [0.1, 0.15) is 26.1 Å². The first-order chi connectivity index (χ1) is 9.71. The first-order valence-electron chi connectivity index (χ1n) is 7.10. The molecule has 0 aromatic carbocycles. The number of anilines is 2. The van der Waals surface area contributed by atoms with Gasteiger partial charge < -0.3 is 19.7 Å². The number of methoxy groups -OCH3 is 1. The maximum Gasteiger partial charge on any atom is 0.158 e. The van der Waals surface area contributed by atoms with Gasteiger partial charge in [0.1, 0.15) is 18.2 Å². The number of nitrogens with zero attached hydrogens (tertiary/aromatic N) is 3. The second-order valence-electron chi connectivity index (χ2n) is 4.51. The van der Waals surface area contributed by atoms with Crippen molar-refractivity contribution < 1.29 is 9.47 Å². The number of nitrogens with one attached hydrogen (secondary N) is 1. The molecule has 6 heteroatoms. The molecule has 0 aliphatic carbocycles. The Morgan fingerprint density at radius 3 is 2.75 bits per heavy atom. The molecule has 0 atom stereocenters. The number of rotatable bonds is 10. The van der Waals surface area contributed by atoms with Crippen LogP contribution in [-0.2, 0) is 16.1 Å². The zero-order chi connectivity index (χ0) is 14.8. The van der Waals surface area contributed by atoms with E-state index in [4.69, 9.17) is 9.47 Å². The molecule has 0 spiro atoms. The van der Waals surface area contributed by atoms with E-state index in [1.165, 1.54) is 0 Å². The molecule has 1 aromatic heterocycles. The fourth-order valence-corrected chi connectivity index (χ4v) is 1.62. The summed E-state index contributed by atoms with van der Waals surface area (Å²) in [7, 11) is 3.69. The van der Waals surface area contributed by atoms with Gasteiger partial charge >= 0.3 is 0 Å². The fraction of sp³-hybridized carbons (Fsp3) is 0.714. The summed E-state index contributed by atoms with van der Waals surface area (Å²) in [5.41, 5.74) is 0. The van der Waals surface area contributed by atoms with Gasteiger partial charge in [0.15, 0.2) is 5.82 Å². The number of aromatic nitrogens is 2. The van der Waals surface area contributed by atoms with Gasteiger partial charge in [0.2, 0.25) is 0 Å². The molecular formula is C14H26N4O2. The van der Waals surface area contributed by atoms with Crippen LogP contribution in [0, 0.1) is 0 Å². The average Bonchev–Trinajstić information content (AvgIpc) is 2.48. The summed E-state index contributed by atoms with van der Waals surface area (Å²) in [4.78, 5) is 11.0. The largest absolute Gasteiger partial charge is 0.383 e. The summed E-state index contributed by atoms with van der Waals surface area (Å²) < 4.78 is 10.5. The summed E-state index contributed by atoms with van der Waals surface area (Å²) in [6, 6.07) is 1.96. The van der Waals surface area contributed by atoms with Crippen LogP contribution in [0.15, 0.2) is 6.07 Å². The Balaban J connectivity index is 2.83. The van der Waals surface area contributed by atoms with E-state index in [1.807, 2.05) is 20.0 Å². The maximum atomic E-state index is 5.40. The van der Waals surface area contributed by atoms with E-state index < -0.39 is 0 Å². The minimum Gasteiger partial charge on any atom is -0.383 e. The lowest BCUT2D eigenvalue weighted by atomic mass is 10.4. The lowest BCUT2D eigenvalue weighted by molar-refractivity contribution is 0.128. The Kier molecular flexibility index (Phi) is 7.91. The Morgan fingerprint density at radius 2 is 2.10 bits per heavy atom. The molecule has 0 aliphatic heterocycles. The Bertz CT molecular complexity index is 361. The van der Waals surface area contributed by atoms with Crippen molar-refractivity contribution in [2.75, 3.05) is 50.7 Å². The summed E-state index contributed by atoms with van der Waals surface area (Å²) in [5.74, 6) is 2.42. The van der Waals surface area contributed by atoms with Crippen LogP contribution < -0.4 is 10.2 Å². The first kappa shape index (κ1) is 16.7. The molecule has 0 radical (unpaired) electrons. The monoisotopic (exact) mass is 282 g/mol. The van der Waals surface area contributed by atoms with Crippen LogP contribution in [-0.4, -0.2) is 50.4 Å². The molecule has 1 aromatic rings. The molecule has 0 fully saturated rings. The molecule has 0 bridgehead atoms. The van der Waals surface area contributed by atoms with Gasteiger partial charge in [0.25, 0.3) is 0 Å². The van der Waals surface area contributed by atoms with Crippen LogP contribution in [0.3, 0.4) is 0 Å². The van der Waals surface area contributed by atoms with E-state index in [0.717, 1.165) is 31.1 Å². The van der Waals surface area contributed by atoms with Crippen LogP contribution >= 0.6 is 0 Å².